The summed E-state index contributed by atoms with van der Waals surface area (Å²) in [5.41, 5.74) is 1.32. The maximum Gasteiger partial charge on any atom is 0.0349 e. The predicted octanol–water partition coefficient (Wildman–Crippen LogP) is 3.85. The Morgan fingerprint density at radius 1 is 1.33 bits per heavy atom. The van der Waals surface area contributed by atoms with Gasteiger partial charge in [0.2, 0.25) is 0 Å². The predicted molar refractivity (Wildman–Crippen MR) is 56.7 cm³/mol. The molecule has 2 aromatic rings. The van der Waals surface area contributed by atoms with Crippen LogP contribution in [0.4, 0.5) is 0 Å². The average molecular weight is 174 g/mol. The molecule has 0 amide bonds. The lowest BCUT2D eigenvalue weighted by Gasteiger charge is -1.89. The highest BCUT2D eigenvalue weighted by atomic mass is 32.1. The number of fused-ring (bicyclic) bond motifs is 1. The molecule has 0 spiro atoms. The number of rotatable bonds is 1. The van der Waals surface area contributed by atoms with Gasteiger partial charge in [-0.1, -0.05) is 30.4 Å². The first-order valence-electron chi connectivity index (χ1n) is 3.92. The second-order valence-corrected chi connectivity index (χ2v) is 4.01. The highest BCUT2D eigenvalue weighted by Gasteiger charge is 1.97. The van der Waals surface area contributed by atoms with Crippen molar-refractivity contribution >= 4 is 27.5 Å². The molecule has 0 nitrogen and oxygen atoms in total. The van der Waals surface area contributed by atoms with Crippen molar-refractivity contribution in [3.8, 4) is 0 Å². The first-order chi connectivity index (χ1) is 5.79. The number of aryl methyl sites for hydroxylation is 1. The van der Waals surface area contributed by atoms with Crippen molar-refractivity contribution < 1.29 is 0 Å². The fraction of sp³-hybridized carbons (Fsp3) is 0.0909. The van der Waals surface area contributed by atoms with Crippen LogP contribution in [0.5, 0.6) is 0 Å². The molecule has 0 aliphatic heterocycles. The van der Waals surface area contributed by atoms with Crippen molar-refractivity contribution in [3.05, 3.63) is 41.3 Å². The molecule has 0 aliphatic rings. The second kappa shape index (κ2) is 2.76. The van der Waals surface area contributed by atoms with E-state index in [1.807, 2.05) is 6.08 Å². The summed E-state index contributed by atoms with van der Waals surface area (Å²) in [6, 6.07) is 8.70. The van der Waals surface area contributed by atoms with Gasteiger partial charge in [0.15, 0.2) is 0 Å². The van der Waals surface area contributed by atoms with Gasteiger partial charge < -0.3 is 0 Å². The SMILES string of the molecule is C=Cc1cc2cc(C)ccc2s1. The van der Waals surface area contributed by atoms with E-state index in [1.165, 1.54) is 20.5 Å². The third-order valence-corrected chi connectivity index (χ3v) is 3.00. The van der Waals surface area contributed by atoms with Gasteiger partial charge in [-0.05, 0) is 24.4 Å². The van der Waals surface area contributed by atoms with Crippen molar-refractivity contribution in [1.82, 2.24) is 0 Å². The van der Waals surface area contributed by atoms with E-state index in [1.54, 1.807) is 11.3 Å². The van der Waals surface area contributed by atoms with Crippen LogP contribution in [0.2, 0.25) is 0 Å². The Kier molecular flexibility index (Phi) is 1.74. The smallest absolute Gasteiger partial charge is 0.0349 e. The molecule has 0 bridgehead atoms. The van der Waals surface area contributed by atoms with Crippen LogP contribution >= 0.6 is 11.3 Å². The van der Waals surface area contributed by atoms with Gasteiger partial charge in [0, 0.05) is 9.58 Å². The highest BCUT2D eigenvalue weighted by Crippen LogP contribution is 2.26. The first kappa shape index (κ1) is 7.56. The fourth-order valence-electron chi connectivity index (χ4n) is 1.28. The maximum absolute atomic E-state index is 3.76. The Hall–Kier alpha value is -1.08. The largest absolute Gasteiger partial charge is 0.136 e. The second-order valence-electron chi connectivity index (χ2n) is 2.89. The Morgan fingerprint density at radius 2 is 2.17 bits per heavy atom. The molecule has 0 atom stereocenters. The lowest BCUT2D eigenvalue weighted by molar-refractivity contribution is 1.51. The van der Waals surface area contributed by atoms with E-state index in [0.717, 1.165) is 0 Å². The van der Waals surface area contributed by atoms with Gasteiger partial charge in [0.1, 0.15) is 0 Å². The van der Waals surface area contributed by atoms with Crippen LogP contribution in [0.25, 0.3) is 16.2 Å². The number of hydrogen-bond acceptors (Lipinski definition) is 1. The van der Waals surface area contributed by atoms with Gasteiger partial charge in [0.05, 0.1) is 0 Å². The summed E-state index contributed by atoms with van der Waals surface area (Å²) in [5.74, 6) is 0. The number of thiophene rings is 1. The van der Waals surface area contributed by atoms with E-state index in [-0.39, 0.29) is 0 Å². The van der Waals surface area contributed by atoms with Gasteiger partial charge in [-0.2, -0.15) is 0 Å². The third kappa shape index (κ3) is 1.16. The molecule has 0 unspecified atom stereocenters. The number of benzene rings is 1. The maximum atomic E-state index is 3.76. The van der Waals surface area contributed by atoms with Crippen molar-refractivity contribution in [3.63, 3.8) is 0 Å². The van der Waals surface area contributed by atoms with E-state index in [4.69, 9.17) is 0 Å². The summed E-state index contributed by atoms with van der Waals surface area (Å²) < 4.78 is 1.34. The molecule has 0 N–H and O–H groups in total. The topological polar surface area (TPSA) is 0 Å². The molecule has 12 heavy (non-hydrogen) atoms. The first-order valence-corrected chi connectivity index (χ1v) is 4.74. The molecule has 60 valence electrons. The average Bonchev–Trinajstić information content (AvgIpc) is 2.46. The van der Waals surface area contributed by atoms with Crippen LogP contribution in [0.1, 0.15) is 10.4 Å². The molecule has 2 rings (SSSR count). The third-order valence-electron chi connectivity index (χ3n) is 1.89. The summed E-state index contributed by atoms with van der Waals surface area (Å²) in [6.07, 6.45) is 1.90. The molecule has 1 heterocycles. The van der Waals surface area contributed by atoms with Gasteiger partial charge in [-0.15, -0.1) is 11.3 Å². The molecule has 0 radical (unpaired) electrons. The zero-order valence-electron chi connectivity index (χ0n) is 7.00. The van der Waals surface area contributed by atoms with Gasteiger partial charge in [-0.3, -0.25) is 0 Å². The Labute approximate surface area is 76.2 Å². The van der Waals surface area contributed by atoms with Crippen LogP contribution in [-0.4, -0.2) is 0 Å². The summed E-state index contributed by atoms with van der Waals surface area (Å²) in [5, 5.41) is 1.33. The van der Waals surface area contributed by atoms with E-state index in [2.05, 4.69) is 37.8 Å². The van der Waals surface area contributed by atoms with E-state index >= 15 is 0 Å². The van der Waals surface area contributed by atoms with Crippen molar-refractivity contribution in [2.24, 2.45) is 0 Å². The summed E-state index contributed by atoms with van der Waals surface area (Å²) in [4.78, 5) is 1.25. The van der Waals surface area contributed by atoms with Crippen LogP contribution < -0.4 is 0 Å². The summed E-state index contributed by atoms with van der Waals surface area (Å²) in [7, 11) is 0. The Bertz CT molecular complexity index is 423. The van der Waals surface area contributed by atoms with E-state index in [9.17, 15) is 0 Å². The highest BCUT2D eigenvalue weighted by molar-refractivity contribution is 7.19. The minimum Gasteiger partial charge on any atom is -0.136 e. The lowest BCUT2D eigenvalue weighted by Crippen LogP contribution is -1.67. The molecular formula is C11H10S. The molecule has 1 aromatic heterocycles. The standard InChI is InChI=1S/C11H10S/c1-3-10-7-9-6-8(2)4-5-11(9)12-10/h3-7H,1H2,2H3. The van der Waals surface area contributed by atoms with Crippen molar-refractivity contribution in [2.75, 3.05) is 0 Å². The van der Waals surface area contributed by atoms with E-state index in [0.29, 0.717) is 0 Å². The minimum absolute atomic E-state index is 1.25. The molecule has 1 aromatic carbocycles. The van der Waals surface area contributed by atoms with Crippen molar-refractivity contribution in [2.45, 2.75) is 6.92 Å². The zero-order valence-corrected chi connectivity index (χ0v) is 7.82. The molecule has 0 aliphatic carbocycles. The lowest BCUT2D eigenvalue weighted by atomic mass is 10.2. The minimum atomic E-state index is 1.25. The Balaban J connectivity index is 2.75. The van der Waals surface area contributed by atoms with Crippen LogP contribution in [0, 0.1) is 6.92 Å². The van der Waals surface area contributed by atoms with Crippen LogP contribution in [0.15, 0.2) is 30.8 Å². The molecule has 0 saturated heterocycles. The Morgan fingerprint density at radius 3 is 2.92 bits per heavy atom. The normalized spacial score (nSPS) is 10.4. The number of hydrogen-bond donors (Lipinski definition) is 0. The quantitative estimate of drug-likeness (QED) is 0.616. The zero-order chi connectivity index (χ0) is 8.55. The van der Waals surface area contributed by atoms with Gasteiger partial charge in [0.25, 0.3) is 0 Å². The van der Waals surface area contributed by atoms with Gasteiger partial charge >= 0.3 is 0 Å². The fourth-order valence-corrected chi connectivity index (χ4v) is 2.18. The van der Waals surface area contributed by atoms with Crippen LogP contribution in [-0.2, 0) is 0 Å². The van der Waals surface area contributed by atoms with Gasteiger partial charge in [-0.25, -0.2) is 0 Å². The monoisotopic (exact) mass is 174 g/mol. The summed E-state index contributed by atoms with van der Waals surface area (Å²) in [6.45, 7) is 5.87. The molecule has 0 saturated carbocycles. The van der Waals surface area contributed by atoms with Crippen molar-refractivity contribution in [1.29, 1.82) is 0 Å². The molecule has 1 heteroatoms. The molecular weight excluding hydrogens is 164 g/mol. The molecule has 0 fully saturated rings. The van der Waals surface area contributed by atoms with E-state index < -0.39 is 0 Å². The van der Waals surface area contributed by atoms with Crippen LogP contribution in [0.3, 0.4) is 0 Å². The summed E-state index contributed by atoms with van der Waals surface area (Å²) >= 11 is 1.79.